The minimum absolute atomic E-state index is 0.0649. The van der Waals surface area contributed by atoms with Gasteiger partial charge in [0.2, 0.25) is 0 Å². The number of carbonyl (C=O) groups excluding carboxylic acids is 1. The lowest BCUT2D eigenvalue weighted by atomic mass is 10.1. The summed E-state index contributed by atoms with van der Waals surface area (Å²) in [5, 5.41) is 12.4. The maximum absolute atomic E-state index is 12.3. The van der Waals surface area contributed by atoms with Gasteiger partial charge in [0.05, 0.1) is 0 Å². The molecule has 0 atom stereocenters. The number of hydrogen-bond acceptors (Lipinski definition) is 3. The number of ether oxygens (including phenoxy) is 1. The molecule has 0 bridgehead atoms. The van der Waals surface area contributed by atoms with Crippen LogP contribution in [0.4, 0.5) is 5.69 Å². The largest absolute Gasteiger partial charge is 0.480 e. The van der Waals surface area contributed by atoms with E-state index in [4.69, 9.17) is 22.8 Å². The zero-order chi connectivity index (χ0) is 18.2. The van der Waals surface area contributed by atoms with Gasteiger partial charge >= 0.3 is 0 Å². The summed E-state index contributed by atoms with van der Waals surface area (Å²) in [5.74, 6) is 2.26. The van der Waals surface area contributed by atoms with Gasteiger partial charge in [0, 0.05) is 20.7 Å². The molecule has 1 amide bonds. The molecular weight excluding hydrogens is 404 g/mol. The smallest absolute Gasteiger partial charge is 0.266 e. The van der Waals surface area contributed by atoms with Crippen molar-refractivity contribution in [1.29, 1.82) is 5.26 Å². The number of benzene rings is 2. The van der Waals surface area contributed by atoms with Gasteiger partial charge in [0.25, 0.3) is 5.91 Å². The van der Waals surface area contributed by atoms with Crippen LogP contribution in [0.3, 0.4) is 0 Å². The summed E-state index contributed by atoms with van der Waals surface area (Å²) >= 11 is 9.31. The van der Waals surface area contributed by atoms with E-state index in [0.29, 0.717) is 22.0 Å². The molecule has 0 radical (unpaired) electrons. The fourth-order valence-corrected chi connectivity index (χ4v) is 2.36. The second-order valence-electron chi connectivity index (χ2n) is 4.81. The van der Waals surface area contributed by atoms with Crippen LogP contribution in [0.5, 0.6) is 5.75 Å². The van der Waals surface area contributed by atoms with Gasteiger partial charge in [-0.1, -0.05) is 33.5 Å². The highest BCUT2D eigenvalue weighted by Crippen LogP contribution is 2.25. The molecule has 0 heterocycles. The van der Waals surface area contributed by atoms with E-state index >= 15 is 0 Å². The SMILES string of the molecule is C#CCOc1ccc(Cl)cc1/C=C(\C#N)C(=O)Nc1ccc(Br)cc1. The Morgan fingerprint density at radius 2 is 2.04 bits per heavy atom. The molecule has 4 nitrogen and oxygen atoms in total. The summed E-state index contributed by atoms with van der Waals surface area (Å²) in [7, 11) is 0. The van der Waals surface area contributed by atoms with Crippen molar-refractivity contribution in [2.45, 2.75) is 0 Å². The second kappa shape index (κ2) is 8.94. The zero-order valence-electron chi connectivity index (χ0n) is 12.9. The first-order valence-electron chi connectivity index (χ1n) is 7.08. The van der Waals surface area contributed by atoms with E-state index in [1.807, 2.05) is 6.07 Å². The highest BCUT2D eigenvalue weighted by Gasteiger charge is 2.12. The summed E-state index contributed by atoms with van der Waals surface area (Å²) in [6, 6.07) is 13.8. The summed E-state index contributed by atoms with van der Waals surface area (Å²) in [6.45, 7) is 0.0649. The fourth-order valence-electron chi connectivity index (χ4n) is 1.92. The van der Waals surface area contributed by atoms with Gasteiger partial charge in [-0.15, -0.1) is 6.42 Å². The third kappa shape index (κ3) is 5.39. The first kappa shape index (κ1) is 18.6. The van der Waals surface area contributed by atoms with Gasteiger partial charge in [-0.2, -0.15) is 5.26 Å². The normalized spacial score (nSPS) is 10.5. The van der Waals surface area contributed by atoms with Gasteiger partial charge in [0.1, 0.15) is 24.0 Å². The van der Waals surface area contributed by atoms with Crippen LogP contribution in [0, 0.1) is 23.7 Å². The Morgan fingerprint density at radius 3 is 2.68 bits per heavy atom. The number of terminal acetylenes is 1. The molecule has 0 fully saturated rings. The molecule has 0 saturated carbocycles. The number of carbonyl (C=O) groups is 1. The summed E-state index contributed by atoms with van der Waals surface area (Å²) in [6.07, 6.45) is 6.60. The predicted molar refractivity (Wildman–Crippen MR) is 102 cm³/mol. The van der Waals surface area contributed by atoms with Crippen LogP contribution in [-0.4, -0.2) is 12.5 Å². The fraction of sp³-hybridized carbons (Fsp3) is 0.0526. The Labute approximate surface area is 159 Å². The van der Waals surface area contributed by atoms with Gasteiger partial charge in [-0.3, -0.25) is 4.79 Å². The minimum Gasteiger partial charge on any atom is -0.480 e. The molecule has 0 saturated heterocycles. The van der Waals surface area contributed by atoms with Crippen LogP contribution in [0.1, 0.15) is 5.56 Å². The highest BCUT2D eigenvalue weighted by atomic mass is 79.9. The molecule has 0 spiro atoms. The third-order valence-electron chi connectivity index (χ3n) is 3.05. The van der Waals surface area contributed by atoms with Gasteiger partial charge in [-0.25, -0.2) is 0 Å². The van der Waals surface area contributed by atoms with Crippen molar-refractivity contribution >= 4 is 45.2 Å². The first-order valence-corrected chi connectivity index (χ1v) is 8.25. The van der Waals surface area contributed by atoms with E-state index < -0.39 is 5.91 Å². The Balaban J connectivity index is 2.29. The molecule has 0 aromatic heterocycles. The standard InChI is InChI=1S/C19H12BrClN2O2/c1-2-9-25-18-8-5-16(21)11-13(18)10-14(12-22)19(24)23-17-6-3-15(20)4-7-17/h1,3-8,10-11H,9H2,(H,23,24)/b14-10+. The van der Waals surface area contributed by atoms with Crippen LogP contribution in [0.2, 0.25) is 5.02 Å². The first-order chi connectivity index (χ1) is 12.0. The van der Waals surface area contributed by atoms with Crippen molar-refractivity contribution in [3.8, 4) is 24.2 Å². The monoisotopic (exact) mass is 414 g/mol. The van der Waals surface area contributed by atoms with Gasteiger partial charge < -0.3 is 10.1 Å². The zero-order valence-corrected chi connectivity index (χ0v) is 15.3. The van der Waals surface area contributed by atoms with Crippen molar-refractivity contribution in [3.05, 3.63) is 63.1 Å². The van der Waals surface area contributed by atoms with E-state index in [0.717, 1.165) is 4.47 Å². The molecule has 1 N–H and O–H groups in total. The molecule has 25 heavy (non-hydrogen) atoms. The van der Waals surface area contributed by atoms with Crippen molar-refractivity contribution in [2.75, 3.05) is 11.9 Å². The molecule has 6 heteroatoms. The lowest BCUT2D eigenvalue weighted by Crippen LogP contribution is -2.13. The summed E-state index contributed by atoms with van der Waals surface area (Å²) < 4.78 is 6.30. The summed E-state index contributed by atoms with van der Waals surface area (Å²) in [5.41, 5.74) is 0.977. The van der Waals surface area contributed by atoms with Crippen LogP contribution in [0.25, 0.3) is 6.08 Å². The summed E-state index contributed by atoms with van der Waals surface area (Å²) in [4.78, 5) is 12.3. The minimum atomic E-state index is -0.535. The lowest BCUT2D eigenvalue weighted by molar-refractivity contribution is -0.112. The molecule has 2 aromatic carbocycles. The highest BCUT2D eigenvalue weighted by molar-refractivity contribution is 9.10. The number of amides is 1. The van der Waals surface area contributed by atoms with Gasteiger partial charge in [-0.05, 0) is 48.5 Å². The Bertz CT molecular complexity index is 893. The average Bonchev–Trinajstić information content (AvgIpc) is 2.60. The maximum atomic E-state index is 12.3. The molecule has 0 unspecified atom stereocenters. The topological polar surface area (TPSA) is 62.1 Å². The van der Waals surface area contributed by atoms with E-state index in [1.54, 1.807) is 42.5 Å². The van der Waals surface area contributed by atoms with Crippen LogP contribution in [-0.2, 0) is 4.79 Å². The van der Waals surface area contributed by atoms with E-state index in [9.17, 15) is 10.1 Å². The van der Waals surface area contributed by atoms with Crippen molar-refractivity contribution < 1.29 is 9.53 Å². The van der Waals surface area contributed by atoms with Crippen LogP contribution >= 0.6 is 27.5 Å². The van der Waals surface area contributed by atoms with E-state index in [-0.39, 0.29) is 12.2 Å². The number of nitrogens with zero attached hydrogens (tertiary/aromatic N) is 1. The van der Waals surface area contributed by atoms with E-state index in [2.05, 4.69) is 27.2 Å². The molecule has 0 aliphatic carbocycles. The molecule has 2 aromatic rings. The molecular formula is C19H12BrClN2O2. The Hall–Kier alpha value is -2.73. The maximum Gasteiger partial charge on any atom is 0.266 e. The Morgan fingerprint density at radius 1 is 1.32 bits per heavy atom. The van der Waals surface area contributed by atoms with Gasteiger partial charge in [0.15, 0.2) is 0 Å². The van der Waals surface area contributed by atoms with Crippen molar-refractivity contribution in [2.24, 2.45) is 0 Å². The van der Waals surface area contributed by atoms with Crippen LogP contribution in [0.15, 0.2) is 52.5 Å². The van der Waals surface area contributed by atoms with Crippen molar-refractivity contribution in [3.63, 3.8) is 0 Å². The third-order valence-corrected chi connectivity index (χ3v) is 3.81. The molecule has 124 valence electrons. The number of anilines is 1. The molecule has 0 aliphatic heterocycles. The number of hydrogen-bond donors (Lipinski definition) is 1. The quantitative estimate of drug-likeness (QED) is 0.439. The van der Waals surface area contributed by atoms with Crippen molar-refractivity contribution in [1.82, 2.24) is 0 Å². The number of nitriles is 1. The molecule has 0 aliphatic rings. The number of rotatable bonds is 5. The number of halogens is 2. The predicted octanol–water partition coefficient (Wildman–Crippen LogP) is 4.66. The van der Waals surface area contributed by atoms with Crippen LogP contribution < -0.4 is 10.1 Å². The lowest BCUT2D eigenvalue weighted by Gasteiger charge is -2.08. The number of nitrogens with one attached hydrogen (secondary N) is 1. The Kier molecular flexibility index (Phi) is 6.65. The van der Waals surface area contributed by atoms with E-state index in [1.165, 1.54) is 6.08 Å². The molecule has 2 rings (SSSR count). The second-order valence-corrected chi connectivity index (χ2v) is 6.16. The average molecular weight is 416 g/mol.